The highest BCUT2D eigenvalue weighted by atomic mass is 19.1. The Hall–Kier alpha value is -1.50. The summed E-state index contributed by atoms with van der Waals surface area (Å²) in [6, 6.07) is 5.84. The Kier molecular flexibility index (Phi) is 5.25. The quantitative estimate of drug-likeness (QED) is 0.822. The van der Waals surface area contributed by atoms with Gasteiger partial charge < -0.3 is 15.8 Å². The summed E-state index contributed by atoms with van der Waals surface area (Å²) in [5.41, 5.74) is 6.20. The van der Waals surface area contributed by atoms with Crippen molar-refractivity contribution in [3.63, 3.8) is 0 Å². The average Bonchev–Trinajstić information content (AvgIpc) is 3.40. The van der Waals surface area contributed by atoms with E-state index in [1.807, 2.05) is 4.90 Å². The van der Waals surface area contributed by atoms with Gasteiger partial charge in [-0.25, -0.2) is 4.39 Å². The molecule has 5 nitrogen and oxygen atoms in total. The van der Waals surface area contributed by atoms with Gasteiger partial charge in [-0.05, 0) is 24.8 Å². The van der Waals surface area contributed by atoms with Gasteiger partial charge >= 0.3 is 0 Å². The highest BCUT2D eigenvalue weighted by molar-refractivity contribution is 5.83. The third-order valence-electron chi connectivity index (χ3n) is 4.63. The zero-order chi connectivity index (χ0) is 16.2. The summed E-state index contributed by atoms with van der Waals surface area (Å²) >= 11 is 0. The number of benzene rings is 1. The van der Waals surface area contributed by atoms with Gasteiger partial charge in [0.15, 0.2) is 0 Å². The van der Waals surface area contributed by atoms with Gasteiger partial charge in [-0.1, -0.05) is 18.2 Å². The summed E-state index contributed by atoms with van der Waals surface area (Å²) in [6.07, 6.45) is 2.20. The number of hydrogen-bond acceptors (Lipinski definition) is 4. The van der Waals surface area contributed by atoms with Crippen LogP contribution in [0.4, 0.5) is 4.39 Å². The van der Waals surface area contributed by atoms with Crippen LogP contribution in [0.25, 0.3) is 0 Å². The van der Waals surface area contributed by atoms with E-state index in [1.54, 1.807) is 18.2 Å². The molecule has 1 amide bonds. The van der Waals surface area contributed by atoms with Crippen LogP contribution < -0.4 is 11.1 Å². The van der Waals surface area contributed by atoms with Crippen molar-refractivity contribution in [1.82, 2.24) is 10.2 Å². The number of halogens is 1. The molecule has 1 aliphatic carbocycles. The van der Waals surface area contributed by atoms with Gasteiger partial charge in [-0.2, -0.15) is 0 Å². The van der Waals surface area contributed by atoms with Gasteiger partial charge in [-0.3, -0.25) is 9.69 Å². The second-order valence-corrected chi connectivity index (χ2v) is 6.26. The summed E-state index contributed by atoms with van der Waals surface area (Å²) < 4.78 is 19.6. The number of carbonyl (C=O) groups is 1. The van der Waals surface area contributed by atoms with Crippen LogP contribution >= 0.6 is 0 Å². The normalized spacial score (nSPS) is 21.7. The molecule has 23 heavy (non-hydrogen) atoms. The molecule has 2 fully saturated rings. The Balaban J connectivity index is 1.81. The summed E-state index contributed by atoms with van der Waals surface area (Å²) in [4.78, 5) is 14.9. The molecule has 0 bridgehead atoms. The van der Waals surface area contributed by atoms with Crippen molar-refractivity contribution in [2.45, 2.75) is 24.9 Å². The molecular formula is C17H24FN3O2. The van der Waals surface area contributed by atoms with E-state index in [2.05, 4.69) is 5.32 Å². The molecule has 0 aromatic heterocycles. The zero-order valence-electron chi connectivity index (χ0n) is 13.2. The molecule has 126 valence electrons. The minimum absolute atomic E-state index is 0.0159. The van der Waals surface area contributed by atoms with Gasteiger partial charge in [0.05, 0.1) is 13.2 Å². The third-order valence-corrected chi connectivity index (χ3v) is 4.63. The monoisotopic (exact) mass is 321 g/mol. The molecule has 1 aromatic carbocycles. The minimum Gasteiger partial charge on any atom is -0.379 e. The molecule has 1 aliphatic heterocycles. The molecule has 3 N–H and O–H groups in total. The smallest absolute Gasteiger partial charge is 0.242 e. The topological polar surface area (TPSA) is 67.6 Å². The number of nitrogens with two attached hydrogens (primary N) is 1. The van der Waals surface area contributed by atoms with E-state index in [9.17, 15) is 9.18 Å². The van der Waals surface area contributed by atoms with Crippen LogP contribution in [0.1, 0.15) is 24.4 Å². The maximum Gasteiger partial charge on any atom is 0.242 e. The lowest BCUT2D eigenvalue weighted by Crippen LogP contribution is -2.50. The van der Waals surface area contributed by atoms with Crippen LogP contribution in [0.5, 0.6) is 0 Å². The molecule has 6 heteroatoms. The Morgan fingerprint density at radius 1 is 1.35 bits per heavy atom. The number of nitrogens with zero attached hydrogens (tertiary/aromatic N) is 1. The maximum absolute atomic E-state index is 14.3. The number of amides is 1. The van der Waals surface area contributed by atoms with Crippen LogP contribution in [0, 0.1) is 11.7 Å². The lowest BCUT2D eigenvalue weighted by molar-refractivity contribution is -0.129. The first-order chi connectivity index (χ1) is 11.2. The Labute approximate surface area is 136 Å². The molecule has 1 saturated heterocycles. The van der Waals surface area contributed by atoms with E-state index in [0.29, 0.717) is 44.3 Å². The lowest BCUT2D eigenvalue weighted by atomic mass is 10.0. The maximum atomic E-state index is 14.3. The molecule has 2 unspecified atom stereocenters. The molecule has 2 atom stereocenters. The van der Waals surface area contributed by atoms with Crippen molar-refractivity contribution in [3.05, 3.63) is 35.6 Å². The summed E-state index contributed by atoms with van der Waals surface area (Å²) in [6.45, 7) is 2.76. The van der Waals surface area contributed by atoms with Crippen molar-refractivity contribution < 1.29 is 13.9 Å². The molecular weight excluding hydrogens is 297 g/mol. The summed E-state index contributed by atoms with van der Waals surface area (Å²) in [5.74, 6) is -0.0517. The van der Waals surface area contributed by atoms with Crippen LogP contribution in [0.3, 0.4) is 0 Å². The van der Waals surface area contributed by atoms with Crippen LogP contribution in [-0.4, -0.2) is 49.7 Å². The van der Waals surface area contributed by atoms with Gasteiger partial charge in [-0.15, -0.1) is 0 Å². The Morgan fingerprint density at radius 2 is 2.04 bits per heavy atom. The van der Waals surface area contributed by atoms with Crippen LogP contribution in [0.2, 0.25) is 0 Å². The van der Waals surface area contributed by atoms with Gasteiger partial charge in [0, 0.05) is 31.2 Å². The number of morpholine rings is 1. The van der Waals surface area contributed by atoms with Crippen LogP contribution in [0.15, 0.2) is 24.3 Å². The first-order valence-corrected chi connectivity index (χ1v) is 8.27. The fourth-order valence-electron chi connectivity index (χ4n) is 3.17. The minimum atomic E-state index is -0.632. The second-order valence-electron chi connectivity index (χ2n) is 6.26. The van der Waals surface area contributed by atoms with Crippen molar-refractivity contribution in [2.24, 2.45) is 11.7 Å². The predicted octanol–water partition coefficient (Wildman–Crippen LogP) is 1.05. The second kappa shape index (κ2) is 7.38. The van der Waals surface area contributed by atoms with Crippen molar-refractivity contribution in [3.8, 4) is 0 Å². The number of nitrogens with one attached hydrogen (secondary N) is 1. The van der Waals surface area contributed by atoms with Crippen molar-refractivity contribution >= 4 is 5.91 Å². The summed E-state index contributed by atoms with van der Waals surface area (Å²) in [5, 5.41) is 3.04. The largest absolute Gasteiger partial charge is 0.379 e. The molecule has 0 spiro atoms. The fraction of sp³-hybridized carbons (Fsp3) is 0.588. The van der Waals surface area contributed by atoms with Crippen LogP contribution in [-0.2, 0) is 9.53 Å². The van der Waals surface area contributed by atoms with E-state index >= 15 is 0 Å². The number of rotatable bonds is 6. The highest BCUT2D eigenvalue weighted by Crippen LogP contribution is 2.33. The molecule has 1 aromatic rings. The van der Waals surface area contributed by atoms with E-state index in [-0.39, 0.29) is 17.8 Å². The number of carbonyl (C=O) groups excluding carboxylic acids is 1. The SMILES string of the molecule is NCC(NC(=O)C(c1ccccc1F)N1CCOCC1)C1CC1. The number of ether oxygens (including phenoxy) is 1. The highest BCUT2D eigenvalue weighted by Gasteiger charge is 2.36. The molecule has 3 rings (SSSR count). The summed E-state index contributed by atoms with van der Waals surface area (Å²) in [7, 11) is 0. The third kappa shape index (κ3) is 3.88. The fourth-order valence-corrected chi connectivity index (χ4v) is 3.17. The zero-order valence-corrected chi connectivity index (χ0v) is 13.2. The van der Waals surface area contributed by atoms with E-state index in [4.69, 9.17) is 10.5 Å². The molecule has 1 saturated carbocycles. The van der Waals surface area contributed by atoms with E-state index in [1.165, 1.54) is 6.07 Å². The van der Waals surface area contributed by atoms with E-state index in [0.717, 1.165) is 12.8 Å². The van der Waals surface area contributed by atoms with Crippen molar-refractivity contribution in [1.29, 1.82) is 0 Å². The van der Waals surface area contributed by atoms with Gasteiger partial charge in [0.1, 0.15) is 11.9 Å². The lowest BCUT2D eigenvalue weighted by Gasteiger charge is -2.34. The Bertz CT molecular complexity index is 544. The molecule has 1 heterocycles. The van der Waals surface area contributed by atoms with Gasteiger partial charge in [0.2, 0.25) is 5.91 Å². The first-order valence-electron chi connectivity index (χ1n) is 8.27. The predicted molar refractivity (Wildman–Crippen MR) is 85.2 cm³/mol. The van der Waals surface area contributed by atoms with Crippen molar-refractivity contribution in [2.75, 3.05) is 32.8 Å². The number of hydrogen-bond donors (Lipinski definition) is 2. The Morgan fingerprint density at radius 3 is 2.65 bits per heavy atom. The molecule has 0 radical (unpaired) electrons. The molecule has 2 aliphatic rings. The van der Waals surface area contributed by atoms with E-state index < -0.39 is 6.04 Å². The van der Waals surface area contributed by atoms with Gasteiger partial charge in [0.25, 0.3) is 0 Å². The average molecular weight is 321 g/mol. The standard InChI is InChI=1S/C17H24FN3O2/c18-14-4-2-1-3-13(14)16(21-7-9-23-10-8-21)17(22)20-15(11-19)12-5-6-12/h1-4,12,15-16H,5-11,19H2,(H,20,22). The first kappa shape index (κ1) is 16.4.